The van der Waals surface area contributed by atoms with E-state index in [2.05, 4.69) is 10.3 Å². The van der Waals surface area contributed by atoms with Crippen molar-refractivity contribution in [2.75, 3.05) is 5.75 Å². The molecule has 28 heavy (non-hydrogen) atoms. The largest absolute Gasteiger partial charge is 0.474 e. The molecule has 1 aliphatic rings. The van der Waals surface area contributed by atoms with E-state index in [-0.39, 0.29) is 28.9 Å². The van der Waals surface area contributed by atoms with Crippen LogP contribution in [-0.2, 0) is 16.4 Å². The Morgan fingerprint density at radius 1 is 1.21 bits per heavy atom. The average molecular weight is 403 g/mol. The van der Waals surface area contributed by atoms with Gasteiger partial charge in [-0.25, -0.2) is 13.4 Å². The van der Waals surface area contributed by atoms with Gasteiger partial charge in [-0.3, -0.25) is 4.79 Å². The summed E-state index contributed by atoms with van der Waals surface area (Å²) in [5, 5.41) is 2.80. The normalized spacial score (nSPS) is 14.8. The van der Waals surface area contributed by atoms with E-state index in [1.807, 2.05) is 12.1 Å². The lowest BCUT2D eigenvalue weighted by Gasteiger charge is -2.13. The summed E-state index contributed by atoms with van der Waals surface area (Å²) >= 11 is 0. The summed E-state index contributed by atoms with van der Waals surface area (Å²) in [5.41, 5.74) is 1.03. The Morgan fingerprint density at radius 3 is 2.71 bits per heavy atom. The summed E-state index contributed by atoms with van der Waals surface area (Å²) in [5.74, 6) is 0.165. The Labute approximate surface area is 166 Å². The first-order valence-corrected chi connectivity index (χ1v) is 11.4. The van der Waals surface area contributed by atoms with E-state index >= 15 is 0 Å². The second-order valence-corrected chi connectivity index (χ2v) is 9.10. The highest BCUT2D eigenvalue weighted by molar-refractivity contribution is 7.91. The predicted octanol–water partition coefficient (Wildman–Crippen LogP) is 3.52. The fourth-order valence-electron chi connectivity index (χ4n) is 3.38. The highest BCUT2D eigenvalue weighted by Gasteiger charge is 2.21. The topological polar surface area (TPSA) is 85.4 Å². The summed E-state index contributed by atoms with van der Waals surface area (Å²) in [6.45, 7) is 2.07. The molecule has 1 aromatic carbocycles. The minimum absolute atomic E-state index is 0.0174. The second kappa shape index (κ2) is 9.19. The average Bonchev–Trinajstić information content (AvgIpc) is 3.19. The highest BCUT2D eigenvalue weighted by Crippen LogP contribution is 2.23. The molecule has 0 spiro atoms. The van der Waals surface area contributed by atoms with E-state index in [1.165, 1.54) is 18.9 Å². The van der Waals surface area contributed by atoms with Gasteiger partial charge >= 0.3 is 0 Å². The van der Waals surface area contributed by atoms with Gasteiger partial charge in [0.05, 0.1) is 16.2 Å². The first-order chi connectivity index (χ1) is 13.5. The smallest absolute Gasteiger partial charge is 0.252 e. The molecule has 0 radical (unpaired) electrons. The minimum atomic E-state index is -3.48. The van der Waals surface area contributed by atoms with Crippen LogP contribution in [0.3, 0.4) is 0 Å². The monoisotopic (exact) mass is 402 g/mol. The van der Waals surface area contributed by atoms with Crippen LogP contribution in [0.25, 0.3) is 0 Å². The van der Waals surface area contributed by atoms with Gasteiger partial charge in [-0.1, -0.05) is 19.1 Å². The molecule has 7 heteroatoms. The fourth-order valence-corrected chi connectivity index (χ4v) is 4.92. The number of nitrogens with zero attached hydrogens (tertiary/aromatic N) is 1. The van der Waals surface area contributed by atoms with Crippen LogP contribution in [0.1, 0.15) is 54.9 Å². The Morgan fingerprint density at radius 2 is 1.96 bits per heavy atom. The molecule has 1 N–H and O–H groups in total. The molecule has 1 amide bonds. The van der Waals surface area contributed by atoms with Crippen LogP contribution in [-0.4, -0.2) is 31.2 Å². The number of carbonyl (C=O) groups excluding carboxylic acids is 1. The summed E-state index contributed by atoms with van der Waals surface area (Å²) in [7, 11) is -3.48. The Balaban J connectivity index is 1.68. The molecule has 1 saturated carbocycles. The SMILES string of the molecule is CCCS(=O)(=O)c1ccccc1C(=O)NCc1ccnc(OC2CCCC2)c1. The molecule has 1 aromatic heterocycles. The van der Waals surface area contributed by atoms with Crippen molar-refractivity contribution in [1.82, 2.24) is 10.3 Å². The molecule has 1 aliphatic carbocycles. The number of amides is 1. The quantitative estimate of drug-likeness (QED) is 0.730. The number of pyridine rings is 1. The van der Waals surface area contributed by atoms with E-state index in [9.17, 15) is 13.2 Å². The number of hydrogen-bond acceptors (Lipinski definition) is 5. The standard InChI is InChI=1S/C21H26N2O4S/c1-2-13-28(25,26)19-10-6-5-9-18(19)21(24)23-15-16-11-12-22-20(14-16)27-17-7-3-4-8-17/h5-6,9-12,14,17H,2-4,7-8,13,15H2,1H3,(H,23,24). The zero-order chi connectivity index (χ0) is 20.0. The number of sulfone groups is 1. The van der Waals surface area contributed by atoms with Crippen LogP contribution in [0.4, 0.5) is 0 Å². The van der Waals surface area contributed by atoms with Gasteiger partial charge in [-0.2, -0.15) is 0 Å². The van der Waals surface area contributed by atoms with Gasteiger partial charge < -0.3 is 10.1 Å². The number of ether oxygens (including phenoxy) is 1. The summed E-state index contributed by atoms with van der Waals surface area (Å²) < 4.78 is 30.8. The van der Waals surface area contributed by atoms with Crippen molar-refractivity contribution < 1.29 is 17.9 Å². The van der Waals surface area contributed by atoms with E-state index in [4.69, 9.17) is 4.74 Å². The summed E-state index contributed by atoms with van der Waals surface area (Å²) in [4.78, 5) is 16.9. The van der Waals surface area contributed by atoms with Crippen LogP contribution >= 0.6 is 0 Å². The Bertz CT molecular complexity index is 922. The van der Waals surface area contributed by atoms with E-state index in [0.717, 1.165) is 18.4 Å². The molecular formula is C21H26N2O4S. The van der Waals surface area contributed by atoms with E-state index in [0.29, 0.717) is 12.3 Å². The van der Waals surface area contributed by atoms with Crippen molar-refractivity contribution in [3.05, 3.63) is 53.7 Å². The zero-order valence-corrected chi connectivity index (χ0v) is 16.9. The first kappa shape index (κ1) is 20.3. The maximum absolute atomic E-state index is 12.6. The molecule has 0 saturated heterocycles. The van der Waals surface area contributed by atoms with Gasteiger partial charge in [0.15, 0.2) is 9.84 Å². The second-order valence-electron chi connectivity index (χ2n) is 7.02. The molecule has 0 unspecified atom stereocenters. The molecule has 2 aromatic rings. The lowest BCUT2D eigenvalue weighted by molar-refractivity contribution is 0.0947. The van der Waals surface area contributed by atoms with Crippen LogP contribution in [0, 0.1) is 0 Å². The van der Waals surface area contributed by atoms with E-state index in [1.54, 1.807) is 31.3 Å². The molecule has 0 aliphatic heterocycles. The van der Waals surface area contributed by atoms with Crippen molar-refractivity contribution in [2.24, 2.45) is 0 Å². The lowest BCUT2D eigenvalue weighted by Crippen LogP contribution is -2.25. The Hall–Kier alpha value is -2.41. The van der Waals surface area contributed by atoms with Crippen molar-refractivity contribution >= 4 is 15.7 Å². The Kier molecular flexibility index (Phi) is 6.67. The molecule has 1 fully saturated rings. The molecule has 1 heterocycles. The van der Waals surface area contributed by atoms with E-state index < -0.39 is 15.7 Å². The van der Waals surface area contributed by atoms with Crippen molar-refractivity contribution in [2.45, 2.75) is 56.6 Å². The molecule has 0 bridgehead atoms. The van der Waals surface area contributed by atoms with Gasteiger partial charge in [0.25, 0.3) is 5.91 Å². The maximum atomic E-state index is 12.6. The molecule has 3 rings (SSSR count). The minimum Gasteiger partial charge on any atom is -0.474 e. The van der Waals surface area contributed by atoms with Gasteiger partial charge in [0, 0.05) is 18.8 Å². The third-order valence-corrected chi connectivity index (χ3v) is 6.75. The number of rotatable bonds is 8. The predicted molar refractivity (Wildman–Crippen MR) is 107 cm³/mol. The van der Waals surface area contributed by atoms with Crippen LogP contribution in [0.2, 0.25) is 0 Å². The number of benzene rings is 1. The number of hydrogen-bond donors (Lipinski definition) is 1. The lowest BCUT2D eigenvalue weighted by atomic mass is 10.2. The van der Waals surface area contributed by atoms with Crippen molar-refractivity contribution in [3.8, 4) is 5.88 Å². The first-order valence-electron chi connectivity index (χ1n) is 9.71. The maximum Gasteiger partial charge on any atom is 0.252 e. The van der Waals surface area contributed by atoms with Crippen LogP contribution < -0.4 is 10.1 Å². The summed E-state index contributed by atoms with van der Waals surface area (Å²) in [6.07, 6.45) is 6.83. The van der Waals surface area contributed by atoms with Crippen LogP contribution in [0.5, 0.6) is 5.88 Å². The van der Waals surface area contributed by atoms with Crippen molar-refractivity contribution in [3.63, 3.8) is 0 Å². The zero-order valence-electron chi connectivity index (χ0n) is 16.1. The van der Waals surface area contributed by atoms with Gasteiger partial charge in [0.2, 0.25) is 5.88 Å². The van der Waals surface area contributed by atoms with Gasteiger partial charge in [-0.05, 0) is 55.9 Å². The fraction of sp³-hybridized carbons (Fsp3) is 0.429. The molecule has 0 atom stereocenters. The number of carbonyl (C=O) groups is 1. The molecule has 150 valence electrons. The molecule has 6 nitrogen and oxygen atoms in total. The summed E-state index contributed by atoms with van der Waals surface area (Å²) in [6, 6.07) is 9.95. The third-order valence-electron chi connectivity index (χ3n) is 4.78. The molecular weight excluding hydrogens is 376 g/mol. The number of nitrogens with one attached hydrogen (secondary N) is 1. The highest BCUT2D eigenvalue weighted by atomic mass is 32.2. The number of aromatic nitrogens is 1. The van der Waals surface area contributed by atoms with Crippen LogP contribution in [0.15, 0.2) is 47.5 Å². The van der Waals surface area contributed by atoms with Gasteiger partial charge in [-0.15, -0.1) is 0 Å². The van der Waals surface area contributed by atoms with Crippen molar-refractivity contribution in [1.29, 1.82) is 0 Å². The third kappa shape index (κ3) is 5.10. The van der Waals surface area contributed by atoms with Gasteiger partial charge in [0.1, 0.15) is 6.10 Å².